The van der Waals surface area contributed by atoms with Gasteiger partial charge < -0.3 is 34.3 Å². The highest BCUT2D eigenvalue weighted by Gasteiger charge is 2.48. The molecule has 0 aromatic heterocycles. The Morgan fingerprint density at radius 1 is 0.565 bits per heavy atom. The summed E-state index contributed by atoms with van der Waals surface area (Å²) in [6.45, 7) is 3.89. The molecule has 0 spiro atoms. The number of rotatable bonds is 48. The number of allylic oxidation sites excluding steroid dienone is 10. The minimum absolute atomic E-state index is 0.0303. The van der Waals surface area contributed by atoms with Gasteiger partial charge in [-0.1, -0.05) is 222 Å². The Morgan fingerprint density at radius 2 is 1.00 bits per heavy atom. The third kappa shape index (κ3) is 40.0. The smallest absolute Gasteiger partial charge is 0.397 e. The van der Waals surface area contributed by atoms with Crippen LogP contribution in [0.2, 0.25) is 0 Å². The van der Waals surface area contributed by atoms with E-state index in [0.29, 0.717) is 13.0 Å². The molecule has 0 aromatic rings. The van der Waals surface area contributed by atoms with Gasteiger partial charge in [-0.15, -0.1) is 0 Å². The lowest BCUT2D eigenvalue weighted by Crippen LogP contribution is -2.60. The number of hydrogen-bond donors (Lipinski definition) is 4. The molecule has 6 unspecified atom stereocenters. The van der Waals surface area contributed by atoms with Crippen LogP contribution in [0, 0.1) is 0 Å². The number of aliphatic hydroxyl groups is 3. The molecule has 1 fully saturated rings. The van der Waals surface area contributed by atoms with E-state index < -0.39 is 59.8 Å². The monoisotopic (exact) mass is 997 g/mol. The zero-order chi connectivity index (χ0) is 50.3. The molecule has 4 N–H and O–H groups in total. The number of carbonyl (C=O) groups excluding carboxylic acids is 1. The average Bonchev–Trinajstić information content (AvgIpc) is 3.32. The first-order chi connectivity index (χ1) is 33.6. The summed E-state index contributed by atoms with van der Waals surface area (Å²) in [4.78, 5) is 12.9. The molecule has 1 saturated heterocycles. The van der Waals surface area contributed by atoms with E-state index >= 15 is 0 Å². The molecule has 0 amide bonds. The Labute approximate surface area is 420 Å². The van der Waals surface area contributed by atoms with E-state index in [1.54, 1.807) is 0 Å². The minimum atomic E-state index is -5.07. The lowest BCUT2D eigenvalue weighted by Gasteiger charge is -2.41. The van der Waals surface area contributed by atoms with Crippen LogP contribution in [0.5, 0.6) is 0 Å². The largest absolute Gasteiger partial charge is 0.457 e. The Morgan fingerprint density at radius 3 is 1.46 bits per heavy atom. The van der Waals surface area contributed by atoms with Gasteiger partial charge in [0.1, 0.15) is 30.5 Å². The van der Waals surface area contributed by atoms with E-state index in [2.05, 4.69) is 78.8 Å². The van der Waals surface area contributed by atoms with Crippen molar-refractivity contribution < 1.29 is 56.2 Å². The average molecular weight is 997 g/mol. The summed E-state index contributed by atoms with van der Waals surface area (Å²) in [5.74, 6) is -0.400. The van der Waals surface area contributed by atoms with E-state index in [4.69, 9.17) is 18.9 Å². The van der Waals surface area contributed by atoms with Crippen molar-refractivity contribution in [3.8, 4) is 0 Å². The van der Waals surface area contributed by atoms with Gasteiger partial charge in [-0.3, -0.25) is 9.35 Å². The fraction of sp³-hybridized carbons (Fsp3) is 0.804. The van der Waals surface area contributed by atoms with Crippen molar-refractivity contribution in [1.29, 1.82) is 0 Å². The van der Waals surface area contributed by atoms with E-state index in [1.165, 1.54) is 122 Å². The van der Waals surface area contributed by atoms with E-state index in [9.17, 15) is 33.1 Å². The van der Waals surface area contributed by atoms with Crippen LogP contribution >= 0.6 is 0 Å². The first kappa shape index (κ1) is 64.8. The molecule has 1 rings (SSSR count). The van der Waals surface area contributed by atoms with E-state index in [0.717, 1.165) is 77.0 Å². The molecular formula is C56H100O12S. The third-order valence-electron chi connectivity index (χ3n) is 12.4. The summed E-state index contributed by atoms with van der Waals surface area (Å²) < 4.78 is 59.4. The Hall–Kier alpha value is -2.20. The molecule has 1 aliphatic rings. The SMILES string of the molecule is CC/C=C\C/C=C\C/C=C\C/C=C\C/C=C\CCCCCCCCCCOCC(COC1OC(CO)C(O)C(OS(=O)(=O)O)C1O)OC(=O)CCCCCCCCCCCCCCCCCCCC. The first-order valence-electron chi connectivity index (χ1n) is 27.5. The van der Waals surface area contributed by atoms with Crippen molar-refractivity contribution in [2.45, 2.75) is 263 Å². The maximum atomic E-state index is 12.9. The molecule has 1 heterocycles. The standard InChI is InChI=1S/C56H100O12S/c1-3-5-7-9-11-13-15-17-19-21-23-24-25-26-27-28-30-32-34-36-38-40-42-44-46-64-48-50(49-65-56-54(60)55(68-69(61,62)63)53(59)51(47-57)67-56)66-52(58)45-43-41-39-37-35-33-31-29-22-20-18-16-14-12-10-8-6-4-2/h5,7,11,13,17,19,23-24,26-27,50-51,53-57,59-60H,3-4,6,8-10,12,14-16,18,20-22,25,28-49H2,1-2H3,(H,61,62,63)/b7-5-,13-11-,19-17-,24-23-,27-26-. The lowest BCUT2D eigenvalue weighted by molar-refractivity contribution is -0.301. The van der Waals surface area contributed by atoms with Gasteiger partial charge in [0.15, 0.2) is 6.29 Å². The molecule has 1 aliphatic heterocycles. The zero-order valence-electron chi connectivity index (χ0n) is 43.4. The van der Waals surface area contributed by atoms with Crippen LogP contribution in [0.1, 0.15) is 226 Å². The second-order valence-corrected chi connectivity index (χ2v) is 19.8. The van der Waals surface area contributed by atoms with Crippen LogP contribution in [-0.2, 0) is 38.3 Å². The number of unbranched alkanes of at least 4 members (excludes halogenated alkanes) is 25. The molecule has 0 bridgehead atoms. The van der Waals surface area contributed by atoms with Crippen molar-refractivity contribution in [1.82, 2.24) is 0 Å². The van der Waals surface area contributed by atoms with Crippen LogP contribution in [0.15, 0.2) is 60.8 Å². The first-order valence-corrected chi connectivity index (χ1v) is 28.9. The van der Waals surface area contributed by atoms with Gasteiger partial charge in [-0.05, 0) is 57.8 Å². The fourth-order valence-electron chi connectivity index (χ4n) is 8.29. The summed E-state index contributed by atoms with van der Waals surface area (Å²) in [6.07, 6.45) is 51.1. The van der Waals surface area contributed by atoms with Gasteiger partial charge in [-0.25, -0.2) is 4.18 Å². The molecule has 0 aromatic carbocycles. The fourth-order valence-corrected chi connectivity index (χ4v) is 8.80. The topological polar surface area (TPSA) is 178 Å². The van der Waals surface area contributed by atoms with Gasteiger partial charge >= 0.3 is 16.4 Å². The summed E-state index contributed by atoms with van der Waals surface area (Å²) >= 11 is 0. The third-order valence-corrected chi connectivity index (χ3v) is 12.9. The molecular weight excluding hydrogens is 897 g/mol. The number of carbonyl (C=O) groups is 1. The number of ether oxygens (including phenoxy) is 4. The van der Waals surface area contributed by atoms with Crippen molar-refractivity contribution in [2.24, 2.45) is 0 Å². The number of esters is 1. The van der Waals surface area contributed by atoms with Gasteiger partial charge in [0.05, 0.1) is 19.8 Å². The van der Waals surface area contributed by atoms with E-state index in [-0.39, 0.29) is 19.6 Å². The predicted molar refractivity (Wildman–Crippen MR) is 280 cm³/mol. The number of aliphatic hydroxyl groups excluding tert-OH is 3. The molecule has 13 heteroatoms. The highest BCUT2D eigenvalue weighted by atomic mass is 32.3. The summed E-state index contributed by atoms with van der Waals surface area (Å²) in [7, 11) is -5.07. The summed E-state index contributed by atoms with van der Waals surface area (Å²) in [5, 5.41) is 30.8. The zero-order valence-corrected chi connectivity index (χ0v) is 44.2. The Bertz CT molecular complexity index is 1430. The molecule has 6 atom stereocenters. The molecule has 402 valence electrons. The van der Waals surface area contributed by atoms with Gasteiger partial charge in [0.2, 0.25) is 0 Å². The Kier molecular flexibility index (Phi) is 44.0. The van der Waals surface area contributed by atoms with Crippen LogP contribution in [0.4, 0.5) is 0 Å². The lowest BCUT2D eigenvalue weighted by atomic mass is 9.99. The van der Waals surface area contributed by atoms with E-state index in [1.807, 2.05) is 0 Å². The van der Waals surface area contributed by atoms with Crippen molar-refractivity contribution >= 4 is 16.4 Å². The normalized spacial score (nSPS) is 19.7. The predicted octanol–water partition coefficient (Wildman–Crippen LogP) is 13.3. The van der Waals surface area contributed by atoms with Gasteiger partial charge in [0, 0.05) is 13.0 Å². The van der Waals surface area contributed by atoms with Crippen molar-refractivity contribution in [2.75, 3.05) is 26.4 Å². The van der Waals surface area contributed by atoms with Crippen molar-refractivity contribution in [3.63, 3.8) is 0 Å². The van der Waals surface area contributed by atoms with Crippen LogP contribution < -0.4 is 0 Å². The highest BCUT2D eigenvalue weighted by Crippen LogP contribution is 2.26. The molecule has 12 nitrogen and oxygen atoms in total. The van der Waals surface area contributed by atoms with Crippen LogP contribution in [0.25, 0.3) is 0 Å². The number of hydrogen-bond acceptors (Lipinski definition) is 11. The van der Waals surface area contributed by atoms with Crippen LogP contribution in [-0.4, -0.2) is 97.5 Å². The maximum absolute atomic E-state index is 12.9. The summed E-state index contributed by atoms with van der Waals surface area (Å²) in [6, 6.07) is 0. The summed E-state index contributed by atoms with van der Waals surface area (Å²) in [5.41, 5.74) is 0. The van der Waals surface area contributed by atoms with Gasteiger partial charge in [-0.2, -0.15) is 8.42 Å². The highest BCUT2D eigenvalue weighted by molar-refractivity contribution is 7.80. The van der Waals surface area contributed by atoms with Crippen molar-refractivity contribution in [3.05, 3.63) is 60.8 Å². The van der Waals surface area contributed by atoms with Gasteiger partial charge in [0.25, 0.3) is 0 Å². The maximum Gasteiger partial charge on any atom is 0.397 e. The molecule has 0 aliphatic carbocycles. The Balaban J connectivity index is 2.33. The molecule has 69 heavy (non-hydrogen) atoms. The second kappa shape index (κ2) is 46.8. The molecule has 0 radical (unpaired) electrons. The van der Waals surface area contributed by atoms with Crippen LogP contribution in [0.3, 0.4) is 0 Å². The second-order valence-electron chi connectivity index (χ2n) is 18.8. The molecule has 0 saturated carbocycles. The minimum Gasteiger partial charge on any atom is -0.457 e. The quantitative estimate of drug-likeness (QED) is 0.0197.